The summed E-state index contributed by atoms with van der Waals surface area (Å²) in [5, 5.41) is 1.79. The third-order valence-corrected chi connectivity index (χ3v) is 5.91. The van der Waals surface area contributed by atoms with Gasteiger partial charge in [0.05, 0.1) is 18.2 Å². The van der Waals surface area contributed by atoms with Crippen LogP contribution < -0.4 is 0 Å². The van der Waals surface area contributed by atoms with Gasteiger partial charge in [0.25, 0.3) is 0 Å². The second kappa shape index (κ2) is 9.21. The van der Waals surface area contributed by atoms with Gasteiger partial charge >= 0.3 is 5.97 Å². The number of carbonyl (C=O) groups excluding carboxylic acids is 1. The van der Waals surface area contributed by atoms with Crippen LogP contribution in [0.4, 0.5) is 0 Å². The van der Waals surface area contributed by atoms with Gasteiger partial charge in [-0.1, -0.05) is 31.5 Å². The summed E-state index contributed by atoms with van der Waals surface area (Å²) in [6.45, 7) is 8.18. The fourth-order valence-electron chi connectivity index (χ4n) is 3.74. The smallest absolute Gasteiger partial charge is 0.303 e. The van der Waals surface area contributed by atoms with Gasteiger partial charge in [-0.25, -0.2) is 0 Å². The van der Waals surface area contributed by atoms with E-state index in [1.54, 1.807) is 6.20 Å². The number of hydrogen-bond donors (Lipinski definition) is 0. The molecule has 1 aromatic carbocycles. The van der Waals surface area contributed by atoms with E-state index in [4.69, 9.17) is 25.8 Å². The summed E-state index contributed by atoms with van der Waals surface area (Å²) >= 11 is 6.06. The van der Waals surface area contributed by atoms with E-state index in [9.17, 15) is 4.79 Å². The standard InChI is InChI=1S/C22H28ClNO4/c1-13-14(2)21(28-16(4)25)22(27-15(13)3)26-11-5-6-17-9-10-24-20-12-18(23)7-8-19(17)20/h7-10,12-15,21-22H,5-6,11H2,1-4H3/t13-,14+,15-,21-,22?/m0/s1. The van der Waals surface area contributed by atoms with E-state index < -0.39 is 6.29 Å². The van der Waals surface area contributed by atoms with Crippen LogP contribution >= 0.6 is 11.6 Å². The van der Waals surface area contributed by atoms with E-state index in [-0.39, 0.29) is 24.1 Å². The SMILES string of the molecule is CC(=O)O[C@@H]1C(OCCCc2ccnc3cc(Cl)ccc23)O[C@@H](C)[C@@H](C)[C@H]1C. The first-order valence-corrected chi connectivity index (χ1v) is 10.2. The fourth-order valence-corrected chi connectivity index (χ4v) is 3.90. The lowest BCUT2D eigenvalue weighted by molar-refractivity contribution is -0.271. The van der Waals surface area contributed by atoms with Gasteiger partial charge in [0.2, 0.25) is 0 Å². The van der Waals surface area contributed by atoms with Gasteiger partial charge in [0.15, 0.2) is 12.4 Å². The number of aryl methyl sites for hydroxylation is 1. The van der Waals surface area contributed by atoms with Crippen molar-refractivity contribution in [2.75, 3.05) is 6.61 Å². The van der Waals surface area contributed by atoms with Crippen LogP contribution in [0.25, 0.3) is 10.9 Å². The molecule has 1 aliphatic rings. The molecular formula is C22H28ClNO4. The molecule has 1 aromatic heterocycles. The first kappa shape index (κ1) is 21.0. The Hall–Kier alpha value is -1.69. The summed E-state index contributed by atoms with van der Waals surface area (Å²) in [6.07, 6.45) is 2.63. The zero-order valence-electron chi connectivity index (χ0n) is 16.9. The largest absolute Gasteiger partial charge is 0.457 e. The number of nitrogens with zero attached hydrogens (tertiary/aromatic N) is 1. The summed E-state index contributed by atoms with van der Waals surface area (Å²) in [7, 11) is 0. The molecule has 0 aliphatic carbocycles. The third kappa shape index (κ3) is 4.83. The quantitative estimate of drug-likeness (QED) is 0.511. The molecule has 1 aliphatic heterocycles. The van der Waals surface area contributed by atoms with Gasteiger partial charge in [-0.05, 0) is 49.4 Å². The number of benzene rings is 1. The highest BCUT2D eigenvalue weighted by atomic mass is 35.5. The normalized spacial score (nSPS) is 27.7. The van der Waals surface area contributed by atoms with E-state index in [1.807, 2.05) is 31.2 Å². The number of pyridine rings is 1. The predicted octanol–water partition coefficient (Wildman–Crippen LogP) is 4.79. The van der Waals surface area contributed by atoms with Crippen LogP contribution in [0.2, 0.25) is 5.02 Å². The highest BCUT2D eigenvalue weighted by Crippen LogP contribution is 2.33. The van der Waals surface area contributed by atoms with E-state index in [1.165, 1.54) is 12.5 Å². The predicted molar refractivity (Wildman–Crippen MR) is 109 cm³/mol. The van der Waals surface area contributed by atoms with E-state index >= 15 is 0 Å². The van der Waals surface area contributed by atoms with E-state index in [0.717, 1.165) is 23.7 Å². The molecule has 2 heterocycles. The summed E-state index contributed by atoms with van der Waals surface area (Å²) in [4.78, 5) is 15.9. The molecule has 1 saturated heterocycles. The maximum atomic E-state index is 11.5. The molecule has 28 heavy (non-hydrogen) atoms. The average molecular weight is 406 g/mol. The van der Waals surface area contributed by atoms with Crippen molar-refractivity contribution in [2.45, 2.75) is 59.0 Å². The van der Waals surface area contributed by atoms with Gasteiger partial charge in [0.1, 0.15) is 0 Å². The molecule has 0 bridgehead atoms. The highest BCUT2D eigenvalue weighted by Gasteiger charge is 2.42. The van der Waals surface area contributed by atoms with Gasteiger partial charge in [-0.15, -0.1) is 0 Å². The number of halogens is 1. The van der Waals surface area contributed by atoms with Crippen LogP contribution in [0.5, 0.6) is 0 Å². The highest BCUT2D eigenvalue weighted by molar-refractivity contribution is 6.31. The minimum Gasteiger partial charge on any atom is -0.457 e. The summed E-state index contributed by atoms with van der Waals surface area (Å²) in [5.41, 5.74) is 2.11. The van der Waals surface area contributed by atoms with Crippen molar-refractivity contribution in [3.8, 4) is 0 Å². The molecule has 0 radical (unpaired) electrons. The van der Waals surface area contributed by atoms with Gasteiger partial charge in [-0.2, -0.15) is 0 Å². The van der Waals surface area contributed by atoms with Gasteiger partial charge < -0.3 is 14.2 Å². The maximum absolute atomic E-state index is 11.5. The van der Waals surface area contributed by atoms with Crippen molar-refractivity contribution in [3.05, 3.63) is 41.0 Å². The Balaban J connectivity index is 1.60. The lowest BCUT2D eigenvalue weighted by Gasteiger charge is -2.42. The molecule has 2 aromatic rings. The summed E-state index contributed by atoms with van der Waals surface area (Å²) in [6, 6.07) is 7.79. The minimum absolute atomic E-state index is 0.0562. The van der Waals surface area contributed by atoms with Crippen LogP contribution in [-0.4, -0.2) is 36.1 Å². The van der Waals surface area contributed by atoms with Crippen LogP contribution in [0.3, 0.4) is 0 Å². The zero-order valence-corrected chi connectivity index (χ0v) is 17.6. The fraction of sp³-hybridized carbons (Fsp3) is 0.545. The topological polar surface area (TPSA) is 57.7 Å². The molecule has 0 saturated carbocycles. The van der Waals surface area contributed by atoms with Gasteiger partial charge in [0, 0.05) is 29.4 Å². The number of ether oxygens (including phenoxy) is 3. The Morgan fingerprint density at radius 1 is 1.21 bits per heavy atom. The molecule has 1 unspecified atom stereocenters. The number of carbonyl (C=O) groups is 1. The summed E-state index contributed by atoms with van der Waals surface area (Å²) < 4.78 is 17.5. The average Bonchev–Trinajstić information content (AvgIpc) is 2.65. The molecule has 1 fully saturated rings. The second-order valence-corrected chi connectivity index (χ2v) is 8.04. The molecule has 0 spiro atoms. The number of esters is 1. The number of fused-ring (bicyclic) bond motifs is 1. The Morgan fingerprint density at radius 3 is 2.75 bits per heavy atom. The Kier molecular flexibility index (Phi) is 6.91. The Labute approximate surface area is 171 Å². The minimum atomic E-state index is -0.530. The van der Waals surface area contributed by atoms with Gasteiger partial charge in [-0.3, -0.25) is 9.78 Å². The molecule has 3 rings (SSSR count). The van der Waals surface area contributed by atoms with Crippen molar-refractivity contribution >= 4 is 28.5 Å². The molecule has 0 amide bonds. The zero-order chi connectivity index (χ0) is 20.3. The first-order chi connectivity index (χ1) is 13.4. The molecule has 5 atom stereocenters. The lowest BCUT2D eigenvalue weighted by atomic mass is 9.84. The monoisotopic (exact) mass is 405 g/mol. The number of hydrogen-bond acceptors (Lipinski definition) is 5. The Bertz CT molecular complexity index is 827. The number of aromatic nitrogens is 1. The third-order valence-electron chi connectivity index (χ3n) is 5.67. The number of rotatable bonds is 6. The Morgan fingerprint density at radius 2 is 2.00 bits per heavy atom. The molecule has 0 N–H and O–H groups in total. The maximum Gasteiger partial charge on any atom is 0.303 e. The van der Waals surface area contributed by atoms with Crippen LogP contribution in [-0.2, 0) is 25.4 Å². The van der Waals surface area contributed by atoms with Crippen LogP contribution in [0.1, 0.15) is 39.7 Å². The molecule has 6 heteroatoms. The molecule has 5 nitrogen and oxygen atoms in total. The van der Waals surface area contributed by atoms with Crippen LogP contribution in [0.15, 0.2) is 30.5 Å². The van der Waals surface area contributed by atoms with Crippen molar-refractivity contribution in [1.82, 2.24) is 4.98 Å². The van der Waals surface area contributed by atoms with Crippen LogP contribution in [0, 0.1) is 11.8 Å². The van der Waals surface area contributed by atoms with Crippen molar-refractivity contribution < 1.29 is 19.0 Å². The molecular weight excluding hydrogens is 378 g/mol. The second-order valence-electron chi connectivity index (χ2n) is 7.61. The van der Waals surface area contributed by atoms with Crippen molar-refractivity contribution in [1.29, 1.82) is 0 Å². The van der Waals surface area contributed by atoms with Crippen molar-refractivity contribution in [3.63, 3.8) is 0 Å². The lowest BCUT2D eigenvalue weighted by Crippen LogP contribution is -2.51. The van der Waals surface area contributed by atoms with E-state index in [0.29, 0.717) is 17.5 Å². The van der Waals surface area contributed by atoms with E-state index in [2.05, 4.69) is 18.8 Å². The first-order valence-electron chi connectivity index (χ1n) is 9.84. The summed E-state index contributed by atoms with van der Waals surface area (Å²) in [5.74, 6) is 0.156. The van der Waals surface area contributed by atoms with Crippen molar-refractivity contribution in [2.24, 2.45) is 11.8 Å². The molecule has 152 valence electrons.